The van der Waals surface area contributed by atoms with Crippen molar-refractivity contribution in [2.45, 2.75) is 50.2 Å². The molecule has 1 amide bonds. The quantitative estimate of drug-likeness (QED) is 0.913. The van der Waals surface area contributed by atoms with Gasteiger partial charge in [0.15, 0.2) is 0 Å². The summed E-state index contributed by atoms with van der Waals surface area (Å²) in [7, 11) is 0. The van der Waals surface area contributed by atoms with Gasteiger partial charge in [-0.05, 0) is 49.1 Å². The van der Waals surface area contributed by atoms with E-state index in [-0.39, 0.29) is 11.9 Å². The average molecular weight is 335 g/mol. The van der Waals surface area contributed by atoms with Crippen LogP contribution in [-0.4, -0.2) is 34.4 Å². The van der Waals surface area contributed by atoms with Gasteiger partial charge in [-0.1, -0.05) is 36.8 Å². The molecule has 0 radical (unpaired) electrons. The number of carbonyl (C=O) groups is 1. The molecule has 4 nitrogen and oxygen atoms in total. The fourth-order valence-corrected chi connectivity index (χ4v) is 3.90. The Morgan fingerprint density at radius 1 is 1.12 bits per heavy atom. The van der Waals surface area contributed by atoms with Crippen molar-refractivity contribution in [3.63, 3.8) is 0 Å². The summed E-state index contributed by atoms with van der Waals surface area (Å²) >= 11 is 0. The van der Waals surface area contributed by atoms with Crippen molar-refractivity contribution in [3.8, 4) is 0 Å². The van der Waals surface area contributed by atoms with Gasteiger partial charge in [-0.3, -0.25) is 14.7 Å². The van der Waals surface area contributed by atoms with Crippen molar-refractivity contribution in [3.05, 3.63) is 66.0 Å². The molecule has 0 bridgehead atoms. The number of pyridine rings is 1. The number of amides is 1. The molecular weight excluding hydrogens is 310 g/mol. The van der Waals surface area contributed by atoms with Gasteiger partial charge in [-0.15, -0.1) is 0 Å². The number of nitrogens with one attached hydrogen (secondary N) is 1. The second-order valence-corrected chi connectivity index (χ2v) is 7.21. The smallest absolute Gasteiger partial charge is 0.237 e. The van der Waals surface area contributed by atoms with Gasteiger partial charge in [0.1, 0.15) is 0 Å². The van der Waals surface area contributed by atoms with E-state index in [9.17, 15) is 4.79 Å². The summed E-state index contributed by atoms with van der Waals surface area (Å²) in [5, 5.41) is 3.29. The number of benzene rings is 1. The molecule has 4 rings (SSSR count). The molecule has 1 N–H and O–H groups in total. The maximum absolute atomic E-state index is 12.9. The lowest BCUT2D eigenvalue weighted by atomic mass is 10.0. The Morgan fingerprint density at radius 2 is 1.92 bits per heavy atom. The van der Waals surface area contributed by atoms with Crippen LogP contribution in [0.2, 0.25) is 0 Å². The summed E-state index contributed by atoms with van der Waals surface area (Å²) in [6.07, 6.45) is 7.97. The molecule has 1 aromatic carbocycles. The van der Waals surface area contributed by atoms with Crippen molar-refractivity contribution >= 4 is 5.91 Å². The van der Waals surface area contributed by atoms with Gasteiger partial charge >= 0.3 is 0 Å². The van der Waals surface area contributed by atoms with Gasteiger partial charge in [-0.25, -0.2) is 0 Å². The topological polar surface area (TPSA) is 45.2 Å². The van der Waals surface area contributed by atoms with Crippen LogP contribution in [0.4, 0.5) is 0 Å². The third kappa shape index (κ3) is 3.90. The van der Waals surface area contributed by atoms with Gasteiger partial charge in [0.25, 0.3) is 0 Å². The molecular formula is C21H25N3O. The molecule has 25 heavy (non-hydrogen) atoms. The SMILES string of the molecule is O=C(NC1CC1c1ccccc1)C1CCCCN1Cc1ccncc1. The zero-order valence-corrected chi connectivity index (χ0v) is 14.5. The van der Waals surface area contributed by atoms with Crippen LogP contribution in [-0.2, 0) is 11.3 Å². The van der Waals surface area contributed by atoms with E-state index in [4.69, 9.17) is 0 Å². The molecule has 4 heteroatoms. The van der Waals surface area contributed by atoms with Crippen molar-refractivity contribution < 1.29 is 4.79 Å². The van der Waals surface area contributed by atoms with Crippen LogP contribution < -0.4 is 5.32 Å². The van der Waals surface area contributed by atoms with Crippen LogP contribution in [0.25, 0.3) is 0 Å². The molecule has 0 spiro atoms. The van der Waals surface area contributed by atoms with E-state index in [0.29, 0.717) is 12.0 Å². The van der Waals surface area contributed by atoms with Crippen LogP contribution in [0.3, 0.4) is 0 Å². The number of likely N-dealkylation sites (tertiary alicyclic amines) is 1. The molecule has 2 heterocycles. The van der Waals surface area contributed by atoms with Crippen LogP contribution >= 0.6 is 0 Å². The summed E-state index contributed by atoms with van der Waals surface area (Å²) in [6.45, 7) is 1.82. The van der Waals surface area contributed by atoms with Gasteiger partial charge in [-0.2, -0.15) is 0 Å². The number of aromatic nitrogens is 1. The molecule has 2 aliphatic rings. The molecule has 1 aliphatic carbocycles. The number of nitrogens with zero attached hydrogens (tertiary/aromatic N) is 2. The second-order valence-electron chi connectivity index (χ2n) is 7.21. The van der Waals surface area contributed by atoms with Gasteiger partial charge < -0.3 is 5.32 Å². The first-order valence-electron chi connectivity index (χ1n) is 9.29. The van der Waals surface area contributed by atoms with Crippen LogP contribution in [0, 0.1) is 0 Å². The molecule has 1 aliphatic heterocycles. The first-order chi connectivity index (χ1) is 12.3. The average Bonchev–Trinajstić information content (AvgIpc) is 3.43. The molecule has 2 aromatic rings. The van der Waals surface area contributed by atoms with Crippen LogP contribution in [0.15, 0.2) is 54.9 Å². The summed E-state index contributed by atoms with van der Waals surface area (Å²) in [6, 6.07) is 14.9. The third-order valence-corrected chi connectivity index (χ3v) is 5.40. The molecule has 130 valence electrons. The Labute approximate surface area is 149 Å². The number of hydrogen-bond acceptors (Lipinski definition) is 3. The molecule has 1 aromatic heterocycles. The highest BCUT2D eigenvalue weighted by molar-refractivity contribution is 5.82. The molecule has 3 atom stereocenters. The Kier molecular flexibility index (Phi) is 4.79. The van der Waals surface area contributed by atoms with E-state index < -0.39 is 0 Å². The highest BCUT2D eigenvalue weighted by atomic mass is 16.2. The fourth-order valence-electron chi connectivity index (χ4n) is 3.90. The standard InChI is InChI=1S/C21H25N3O/c25-21(23-19-14-18(19)17-6-2-1-3-7-17)20-8-4-5-13-24(20)15-16-9-11-22-12-10-16/h1-3,6-7,9-12,18-20H,4-5,8,13-15H2,(H,23,25). The van der Waals surface area contributed by atoms with Crippen molar-refractivity contribution in [2.24, 2.45) is 0 Å². The summed E-state index contributed by atoms with van der Waals surface area (Å²) in [5.74, 6) is 0.694. The molecule has 3 unspecified atom stereocenters. The second kappa shape index (κ2) is 7.36. The summed E-state index contributed by atoms with van der Waals surface area (Å²) in [5.41, 5.74) is 2.56. The summed E-state index contributed by atoms with van der Waals surface area (Å²) in [4.78, 5) is 19.3. The Balaban J connectivity index is 1.37. The minimum absolute atomic E-state index is 0.000983. The van der Waals surface area contributed by atoms with Crippen molar-refractivity contribution in [2.75, 3.05) is 6.54 Å². The van der Waals surface area contributed by atoms with Crippen LogP contribution in [0.1, 0.15) is 42.7 Å². The van der Waals surface area contributed by atoms with E-state index in [1.54, 1.807) is 0 Å². The predicted octanol–water partition coefficient (Wildman–Crippen LogP) is 3.11. The maximum Gasteiger partial charge on any atom is 0.237 e. The van der Waals surface area contributed by atoms with E-state index >= 15 is 0 Å². The Bertz CT molecular complexity index is 704. The predicted molar refractivity (Wildman–Crippen MR) is 98.0 cm³/mol. The first-order valence-corrected chi connectivity index (χ1v) is 9.29. The highest BCUT2D eigenvalue weighted by Gasteiger charge is 2.41. The first kappa shape index (κ1) is 16.3. The minimum atomic E-state index is -0.000983. The van der Waals surface area contributed by atoms with E-state index in [1.165, 1.54) is 17.5 Å². The minimum Gasteiger partial charge on any atom is -0.351 e. The normalized spacial score (nSPS) is 26.2. The lowest BCUT2D eigenvalue weighted by Gasteiger charge is -2.34. The molecule has 1 saturated heterocycles. The van der Waals surface area contributed by atoms with Crippen molar-refractivity contribution in [1.29, 1.82) is 0 Å². The molecule has 2 fully saturated rings. The van der Waals surface area contributed by atoms with Crippen molar-refractivity contribution in [1.82, 2.24) is 15.2 Å². The van der Waals surface area contributed by atoms with Crippen LogP contribution in [0.5, 0.6) is 0 Å². The fraction of sp³-hybridized carbons (Fsp3) is 0.429. The van der Waals surface area contributed by atoms with Gasteiger partial charge in [0, 0.05) is 30.9 Å². The number of piperidine rings is 1. The summed E-state index contributed by atoms with van der Waals surface area (Å²) < 4.78 is 0. The maximum atomic E-state index is 12.9. The number of hydrogen-bond donors (Lipinski definition) is 1. The van der Waals surface area contributed by atoms with Gasteiger partial charge in [0.05, 0.1) is 6.04 Å². The number of carbonyl (C=O) groups excluding carboxylic acids is 1. The lowest BCUT2D eigenvalue weighted by Crippen LogP contribution is -2.49. The van der Waals surface area contributed by atoms with E-state index in [2.05, 4.69) is 39.5 Å². The van der Waals surface area contributed by atoms with E-state index in [0.717, 1.165) is 32.4 Å². The zero-order valence-electron chi connectivity index (χ0n) is 14.5. The van der Waals surface area contributed by atoms with E-state index in [1.807, 2.05) is 30.6 Å². The Morgan fingerprint density at radius 3 is 2.72 bits per heavy atom. The lowest BCUT2D eigenvalue weighted by molar-refractivity contribution is -0.128. The highest BCUT2D eigenvalue weighted by Crippen LogP contribution is 2.40. The zero-order chi connectivity index (χ0) is 17.1. The Hall–Kier alpha value is -2.20. The monoisotopic (exact) mass is 335 g/mol. The number of rotatable bonds is 5. The largest absolute Gasteiger partial charge is 0.351 e. The van der Waals surface area contributed by atoms with Gasteiger partial charge in [0.2, 0.25) is 5.91 Å². The third-order valence-electron chi connectivity index (χ3n) is 5.40. The molecule has 1 saturated carbocycles.